The van der Waals surface area contributed by atoms with Crippen LogP contribution in [0.5, 0.6) is 11.5 Å². The SMILES string of the molecule is CCCCOc1ccc(C2C(=C(O)c3ccc(OC)cc3)C(=O)C(=O)N2Cc2ccco2)cc1. The Labute approximate surface area is 198 Å². The van der Waals surface area contributed by atoms with Crippen molar-refractivity contribution in [3.8, 4) is 11.5 Å². The van der Waals surface area contributed by atoms with Crippen LogP contribution in [0.25, 0.3) is 5.76 Å². The molecule has 0 aliphatic carbocycles. The molecule has 7 heteroatoms. The van der Waals surface area contributed by atoms with Gasteiger partial charge in [-0.15, -0.1) is 0 Å². The molecule has 176 valence electrons. The number of carbonyl (C=O) groups excluding carboxylic acids is 2. The van der Waals surface area contributed by atoms with Gasteiger partial charge in [0.25, 0.3) is 11.7 Å². The summed E-state index contributed by atoms with van der Waals surface area (Å²) in [6, 6.07) is 16.6. The molecule has 1 saturated heterocycles. The summed E-state index contributed by atoms with van der Waals surface area (Å²) in [5, 5.41) is 11.1. The molecule has 1 aliphatic rings. The van der Waals surface area contributed by atoms with Gasteiger partial charge in [0.1, 0.15) is 23.0 Å². The van der Waals surface area contributed by atoms with Gasteiger partial charge in [-0.05, 0) is 60.5 Å². The molecule has 0 spiro atoms. The third-order valence-corrected chi connectivity index (χ3v) is 5.77. The van der Waals surface area contributed by atoms with Crippen LogP contribution < -0.4 is 9.47 Å². The van der Waals surface area contributed by atoms with Gasteiger partial charge in [0.15, 0.2) is 0 Å². The molecule has 1 fully saturated rings. The summed E-state index contributed by atoms with van der Waals surface area (Å²) in [6.45, 7) is 2.80. The fraction of sp³-hybridized carbons (Fsp3) is 0.259. The maximum atomic E-state index is 13.1. The topological polar surface area (TPSA) is 89.2 Å². The highest BCUT2D eigenvalue weighted by Crippen LogP contribution is 2.40. The number of methoxy groups -OCH3 is 1. The molecule has 3 aromatic rings. The lowest BCUT2D eigenvalue weighted by Gasteiger charge is -2.24. The monoisotopic (exact) mass is 461 g/mol. The first-order valence-corrected chi connectivity index (χ1v) is 11.2. The van der Waals surface area contributed by atoms with Crippen LogP contribution in [0.2, 0.25) is 0 Å². The first kappa shape index (κ1) is 23.2. The van der Waals surface area contributed by atoms with Gasteiger partial charge in [-0.1, -0.05) is 25.5 Å². The second-order valence-electron chi connectivity index (χ2n) is 8.01. The zero-order chi connectivity index (χ0) is 24.1. The van der Waals surface area contributed by atoms with Crippen LogP contribution in [0, 0.1) is 0 Å². The van der Waals surface area contributed by atoms with Gasteiger partial charge in [0.2, 0.25) is 0 Å². The van der Waals surface area contributed by atoms with Gasteiger partial charge in [0, 0.05) is 5.56 Å². The number of ether oxygens (including phenoxy) is 2. The molecule has 1 aliphatic heterocycles. The Kier molecular flexibility index (Phi) is 7.01. The minimum atomic E-state index is -0.781. The third kappa shape index (κ3) is 4.69. The van der Waals surface area contributed by atoms with E-state index >= 15 is 0 Å². The Morgan fingerprint density at radius 2 is 1.74 bits per heavy atom. The second kappa shape index (κ2) is 10.3. The number of carbonyl (C=O) groups is 2. The van der Waals surface area contributed by atoms with E-state index in [1.54, 1.807) is 43.5 Å². The number of Topliss-reactive ketones (excluding diaryl/α,β-unsaturated/α-hetero) is 1. The van der Waals surface area contributed by atoms with Crippen molar-refractivity contribution < 1.29 is 28.6 Å². The van der Waals surface area contributed by atoms with Crippen LogP contribution in [0.3, 0.4) is 0 Å². The minimum absolute atomic E-state index is 0.0291. The molecule has 4 rings (SSSR count). The van der Waals surface area contributed by atoms with Crippen molar-refractivity contribution in [2.75, 3.05) is 13.7 Å². The van der Waals surface area contributed by atoms with Crippen molar-refractivity contribution in [3.63, 3.8) is 0 Å². The molecule has 1 atom stereocenters. The van der Waals surface area contributed by atoms with Crippen LogP contribution in [-0.4, -0.2) is 35.4 Å². The summed E-state index contributed by atoms with van der Waals surface area (Å²) in [6.07, 6.45) is 3.50. The van der Waals surface area contributed by atoms with Crippen molar-refractivity contribution in [1.82, 2.24) is 4.90 Å². The normalized spacial score (nSPS) is 17.2. The summed E-state index contributed by atoms with van der Waals surface area (Å²) in [7, 11) is 1.55. The summed E-state index contributed by atoms with van der Waals surface area (Å²) < 4.78 is 16.3. The van der Waals surface area contributed by atoms with Gasteiger partial charge >= 0.3 is 0 Å². The van der Waals surface area contributed by atoms with Gasteiger partial charge in [-0.3, -0.25) is 9.59 Å². The molecular weight excluding hydrogens is 434 g/mol. The van der Waals surface area contributed by atoms with Gasteiger partial charge in [-0.25, -0.2) is 0 Å². The Balaban J connectivity index is 1.75. The van der Waals surface area contributed by atoms with E-state index in [0.29, 0.717) is 35.0 Å². The van der Waals surface area contributed by atoms with Crippen molar-refractivity contribution in [1.29, 1.82) is 0 Å². The van der Waals surface area contributed by atoms with E-state index in [-0.39, 0.29) is 17.9 Å². The molecule has 1 N–H and O–H groups in total. The Morgan fingerprint density at radius 3 is 2.35 bits per heavy atom. The number of amides is 1. The lowest BCUT2D eigenvalue weighted by Crippen LogP contribution is -2.29. The zero-order valence-corrected chi connectivity index (χ0v) is 19.2. The number of benzene rings is 2. The zero-order valence-electron chi connectivity index (χ0n) is 19.2. The van der Waals surface area contributed by atoms with E-state index < -0.39 is 17.7 Å². The fourth-order valence-electron chi connectivity index (χ4n) is 3.95. The standard InChI is InChI=1S/C27H27NO6/c1-3-4-15-33-21-13-7-18(8-14-21)24-23(25(29)19-9-11-20(32-2)12-10-19)26(30)27(31)28(24)17-22-6-5-16-34-22/h5-14,16,24,29H,3-4,15,17H2,1-2H3. The van der Waals surface area contributed by atoms with Crippen LogP contribution in [-0.2, 0) is 16.1 Å². The maximum Gasteiger partial charge on any atom is 0.296 e. The number of ketones is 1. The van der Waals surface area contributed by atoms with E-state index in [0.717, 1.165) is 12.8 Å². The summed E-state index contributed by atoms with van der Waals surface area (Å²) in [4.78, 5) is 27.6. The van der Waals surface area contributed by atoms with E-state index in [9.17, 15) is 14.7 Å². The summed E-state index contributed by atoms with van der Waals surface area (Å²) in [5.74, 6) is 0.181. The summed E-state index contributed by atoms with van der Waals surface area (Å²) in [5.41, 5.74) is 1.13. The average molecular weight is 462 g/mol. The molecule has 1 aromatic heterocycles. The molecule has 7 nitrogen and oxygen atoms in total. The molecule has 0 bridgehead atoms. The summed E-state index contributed by atoms with van der Waals surface area (Å²) >= 11 is 0. The predicted octanol–water partition coefficient (Wildman–Crippen LogP) is 5.09. The minimum Gasteiger partial charge on any atom is -0.507 e. The highest BCUT2D eigenvalue weighted by Gasteiger charge is 2.46. The van der Waals surface area contributed by atoms with Crippen molar-refractivity contribution in [3.05, 3.63) is 89.4 Å². The molecule has 2 heterocycles. The van der Waals surface area contributed by atoms with Gasteiger partial charge in [0.05, 0.1) is 38.1 Å². The van der Waals surface area contributed by atoms with Crippen molar-refractivity contribution >= 4 is 17.4 Å². The van der Waals surface area contributed by atoms with E-state index in [1.165, 1.54) is 11.2 Å². The van der Waals surface area contributed by atoms with Crippen LogP contribution in [0.1, 0.15) is 42.7 Å². The number of nitrogens with zero attached hydrogens (tertiary/aromatic N) is 1. The number of furan rings is 1. The number of hydrogen-bond acceptors (Lipinski definition) is 6. The quantitative estimate of drug-likeness (QED) is 0.207. The van der Waals surface area contributed by atoms with Crippen LogP contribution in [0.4, 0.5) is 0 Å². The number of likely N-dealkylation sites (tertiary alicyclic amines) is 1. The second-order valence-corrected chi connectivity index (χ2v) is 8.01. The Morgan fingerprint density at radius 1 is 1.03 bits per heavy atom. The van der Waals surface area contributed by atoms with E-state index in [4.69, 9.17) is 13.9 Å². The highest BCUT2D eigenvalue weighted by atomic mass is 16.5. The molecule has 0 saturated carbocycles. The smallest absolute Gasteiger partial charge is 0.296 e. The highest BCUT2D eigenvalue weighted by molar-refractivity contribution is 6.46. The lowest BCUT2D eigenvalue weighted by atomic mass is 9.95. The molecule has 34 heavy (non-hydrogen) atoms. The van der Waals surface area contributed by atoms with Gasteiger partial charge in [-0.2, -0.15) is 0 Å². The van der Waals surface area contributed by atoms with Crippen LogP contribution >= 0.6 is 0 Å². The number of rotatable bonds is 9. The number of unbranched alkanes of at least 4 members (excludes halogenated alkanes) is 1. The molecular formula is C27H27NO6. The van der Waals surface area contributed by atoms with Crippen molar-refractivity contribution in [2.45, 2.75) is 32.4 Å². The predicted molar refractivity (Wildman–Crippen MR) is 126 cm³/mol. The van der Waals surface area contributed by atoms with E-state index in [2.05, 4.69) is 6.92 Å². The Bertz CT molecular complexity index is 1160. The van der Waals surface area contributed by atoms with E-state index in [1.807, 2.05) is 24.3 Å². The Hall–Kier alpha value is -4.00. The fourth-order valence-corrected chi connectivity index (χ4v) is 3.95. The maximum absolute atomic E-state index is 13.1. The molecule has 1 unspecified atom stereocenters. The first-order chi connectivity index (χ1) is 16.5. The average Bonchev–Trinajstić information content (AvgIpc) is 3.47. The molecule has 0 radical (unpaired) electrons. The number of aliphatic hydroxyl groups is 1. The third-order valence-electron chi connectivity index (χ3n) is 5.77. The molecule has 1 amide bonds. The number of hydrogen-bond donors (Lipinski definition) is 1. The van der Waals surface area contributed by atoms with Crippen molar-refractivity contribution in [2.24, 2.45) is 0 Å². The number of aliphatic hydroxyl groups excluding tert-OH is 1. The first-order valence-electron chi connectivity index (χ1n) is 11.2. The lowest BCUT2D eigenvalue weighted by molar-refractivity contribution is -0.140. The largest absolute Gasteiger partial charge is 0.507 e. The van der Waals surface area contributed by atoms with Gasteiger partial charge < -0.3 is 23.9 Å². The molecule has 2 aromatic carbocycles. The van der Waals surface area contributed by atoms with Crippen LogP contribution in [0.15, 0.2) is 76.9 Å².